The quantitative estimate of drug-likeness (QED) is 0.439. The van der Waals surface area contributed by atoms with Crippen molar-refractivity contribution in [3.63, 3.8) is 0 Å². The van der Waals surface area contributed by atoms with Crippen LogP contribution >= 0.6 is 0 Å². The lowest BCUT2D eigenvalue weighted by atomic mass is 10.1. The first kappa shape index (κ1) is 19.8. The number of nitrogens with zero attached hydrogens (tertiary/aromatic N) is 7. The zero-order chi connectivity index (χ0) is 21.6. The molecule has 3 aromatic heterocycles. The Morgan fingerprint density at radius 1 is 1.19 bits per heavy atom. The summed E-state index contributed by atoms with van der Waals surface area (Å²) in [4.78, 5) is 20.4. The Kier molecular flexibility index (Phi) is 5.66. The third-order valence-electron chi connectivity index (χ3n) is 4.65. The number of para-hydroxylation sites is 1. The van der Waals surface area contributed by atoms with E-state index in [2.05, 4.69) is 31.6 Å². The number of hydrogen-bond donors (Lipinski definition) is 2. The van der Waals surface area contributed by atoms with Crippen molar-refractivity contribution >= 4 is 11.7 Å². The van der Waals surface area contributed by atoms with Gasteiger partial charge in [-0.25, -0.2) is 19.3 Å². The van der Waals surface area contributed by atoms with Gasteiger partial charge >= 0.3 is 0 Å². The molecule has 0 unspecified atom stereocenters. The van der Waals surface area contributed by atoms with Gasteiger partial charge in [0.15, 0.2) is 5.82 Å². The van der Waals surface area contributed by atoms with Crippen LogP contribution in [0.3, 0.4) is 0 Å². The summed E-state index contributed by atoms with van der Waals surface area (Å²) in [7, 11) is 0. The molecule has 10 heteroatoms. The third kappa shape index (κ3) is 4.25. The second-order valence-corrected chi connectivity index (χ2v) is 6.67. The first-order chi connectivity index (χ1) is 15.2. The number of nitriles is 1. The summed E-state index contributed by atoms with van der Waals surface area (Å²) in [5, 5.41) is 20.8. The summed E-state index contributed by atoms with van der Waals surface area (Å²) in [6, 6.07) is 14.9. The number of aromatic nitrogens is 6. The Morgan fingerprint density at radius 2 is 2.03 bits per heavy atom. The van der Waals surface area contributed by atoms with Gasteiger partial charge in [-0.15, -0.1) is 0 Å². The molecule has 0 bridgehead atoms. The zero-order valence-corrected chi connectivity index (χ0v) is 16.5. The number of rotatable bonds is 7. The highest BCUT2D eigenvalue weighted by Gasteiger charge is 2.16. The lowest BCUT2D eigenvalue weighted by Crippen LogP contribution is -2.25. The second kappa shape index (κ2) is 8.87. The number of nitrogens with two attached hydrogens (primary N) is 1. The van der Waals surface area contributed by atoms with Gasteiger partial charge in [-0.1, -0.05) is 18.2 Å². The lowest BCUT2D eigenvalue weighted by molar-refractivity contribution is 0.0953. The number of pyridine rings is 1. The number of anilines is 1. The Bertz CT molecular complexity index is 1210. The predicted molar refractivity (Wildman–Crippen MR) is 112 cm³/mol. The van der Waals surface area contributed by atoms with E-state index in [-0.39, 0.29) is 5.91 Å². The minimum Gasteiger partial charge on any atom is -0.382 e. The normalized spacial score (nSPS) is 10.5. The molecule has 3 N–H and O–H groups in total. The molecule has 0 aliphatic rings. The van der Waals surface area contributed by atoms with E-state index in [4.69, 9.17) is 5.73 Å². The van der Waals surface area contributed by atoms with Crippen LogP contribution < -0.4 is 11.1 Å². The smallest absolute Gasteiger partial charge is 0.252 e. The van der Waals surface area contributed by atoms with Gasteiger partial charge in [0.25, 0.3) is 5.91 Å². The van der Waals surface area contributed by atoms with Gasteiger partial charge in [-0.2, -0.15) is 15.5 Å². The molecule has 154 valence electrons. The minimum absolute atomic E-state index is 0.229. The van der Waals surface area contributed by atoms with Gasteiger partial charge in [0.2, 0.25) is 0 Å². The lowest BCUT2D eigenvalue weighted by Gasteiger charge is -2.05. The molecule has 4 aromatic rings. The van der Waals surface area contributed by atoms with Crippen molar-refractivity contribution in [2.45, 2.75) is 12.8 Å². The predicted octanol–water partition coefficient (Wildman–Crippen LogP) is 1.66. The van der Waals surface area contributed by atoms with Crippen molar-refractivity contribution in [2.24, 2.45) is 0 Å². The van der Waals surface area contributed by atoms with Crippen molar-refractivity contribution < 1.29 is 4.79 Å². The number of amides is 1. The van der Waals surface area contributed by atoms with Crippen LogP contribution in [0.15, 0.2) is 61.3 Å². The fourth-order valence-electron chi connectivity index (χ4n) is 3.08. The number of carbonyl (C=O) groups is 1. The summed E-state index contributed by atoms with van der Waals surface area (Å²) in [6.45, 7) is 0.423. The fourth-order valence-corrected chi connectivity index (χ4v) is 3.08. The monoisotopic (exact) mass is 413 g/mol. The number of aryl methyl sites for hydroxylation is 1. The van der Waals surface area contributed by atoms with E-state index in [1.165, 1.54) is 23.5 Å². The first-order valence-electron chi connectivity index (χ1n) is 9.59. The van der Waals surface area contributed by atoms with Crippen LogP contribution in [0.1, 0.15) is 28.0 Å². The highest BCUT2D eigenvalue weighted by atomic mass is 16.1. The van der Waals surface area contributed by atoms with Crippen LogP contribution in [0.4, 0.5) is 5.82 Å². The maximum absolute atomic E-state index is 12.3. The maximum Gasteiger partial charge on any atom is 0.252 e. The Hall–Kier alpha value is -4.52. The van der Waals surface area contributed by atoms with E-state index in [1.54, 1.807) is 16.8 Å². The van der Waals surface area contributed by atoms with Crippen LogP contribution in [-0.4, -0.2) is 42.0 Å². The average Bonchev–Trinajstić information content (AvgIpc) is 3.45. The van der Waals surface area contributed by atoms with Crippen molar-refractivity contribution in [1.82, 2.24) is 34.8 Å². The van der Waals surface area contributed by atoms with Gasteiger partial charge in [0, 0.05) is 12.7 Å². The number of hydrogen-bond acceptors (Lipinski definition) is 7. The molecule has 0 fully saturated rings. The first-order valence-corrected chi connectivity index (χ1v) is 9.59. The van der Waals surface area contributed by atoms with E-state index in [1.807, 2.05) is 30.3 Å². The zero-order valence-electron chi connectivity index (χ0n) is 16.5. The van der Waals surface area contributed by atoms with Gasteiger partial charge in [-0.3, -0.25) is 4.79 Å². The molecule has 0 spiro atoms. The van der Waals surface area contributed by atoms with E-state index in [9.17, 15) is 10.1 Å². The van der Waals surface area contributed by atoms with Crippen LogP contribution in [0, 0.1) is 11.3 Å². The molecule has 31 heavy (non-hydrogen) atoms. The van der Waals surface area contributed by atoms with Crippen molar-refractivity contribution in [3.05, 3.63) is 78.1 Å². The highest BCUT2D eigenvalue weighted by molar-refractivity contribution is 5.93. The molecule has 1 aromatic carbocycles. The van der Waals surface area contributed by atoms with E-state index in [0.29, 0.717) is 47.8 Å². The second-order valence-electron chi connectivity index (χ2n) is 6.67. The van der Waals surface area contributed by atoms with Crippen LogP contribution in [0.25, 0.3) is 11.5 Å². The molecule has 0 atom stereocenters. The summed E-state index contributed by atoms with van der Waals surface area (Å²) in [5.74, 6) is 0.656. The summed E-state index contributed by atoms with van der Waals surface area (Å²) in [6.07, 6.45) is 5.55. The maximum atomic E-state index is 12.3. The molecule has 0 aliphatic carbocycles. The molecule has 0 saturated carbocycles. The van der Waals surface area contributed by atoms with E-state index < -0.39 is 0 Å². The number of carbonyl (C=O) groups excluding carboxylic acids is 1. The Balaban J connectivity index is 1.34. The summed E-state index contributed by atoms with van der Waals surface area (Å²) >= 11 is 0. The van der Waals surface area contributed by atoms with Crippen molar-refractivity contribution in [1.29, 1.82) is 5.26 Å². The van der Waals surface area contributed by atoms with Crippen LogP contribution in [0.5, 0.6) is 0 Å². The Labute approximate surface area is 178 Å². The summed E-state index contributed by atoms with van der Waals surface area (Å²) in [5.41, 5.74) is 8.32. The minimum atomic E-state index is -0.229. The van der Waals surface area contributed by atoms with Gasteiger partial charge in [0.05, 0.1) is 16.9 Å². The topological polar surface area (TPSA) is 140 Å². The number of nitrogens with one attached hydrogen (secondary N) is 1. The SMILES string of the molecule is N#Cc1c(CCCNC(=O)c2ccc(-n3cncn3)nc2)nn(-c2ccccc2)c1N. The van der Waals surface area contributed by atoms with Crippen LogP contribution in [0.2, 0.25) is 0 Å². The van der Waals surface area contributed by atoms with Gasteiger partial charge in [0.1, 0.15) is 30.1 Å². The molecular formula is C21H19N9O. The standard InChI is InChI=1S/C21H19N9O/c22-11-17-18(28-30(20(17)23)16-5-2-1-3-6-16)7-4-10-25-21(31)15-8-9-19(26-12-15)29-14-24-13-27-29/h1-3,5-6,8-9,12-14H,4,7,10,23H2,(H,25,31). The average molecular weight is 413 g/mol. The molecule has 0 aliphatic heterocycles. The van der Waals surface area contributed by atoms with E-state index in [0.717, 1.165) is 5.69 Å². The highest BCUT2D eigenvalue weighted by Crippen LogP contribution is 2.21. The molecule has 1 amide bonds. The molecule has 0 radical (unpaired) electrons. The number of nitrogen functional groups attached to an aromatic ring is 1. The number of benzene rings is 1. The largest absolute Gasteiger partial charge is 0.382 e. The van der Waals surface area contributed by atoms with Crippen molar-refractivity contribution in [3.8, 4) is 17.6 Å². The molecule has 0 saturated heterocycles. The van der Waals surface area contributed by atoms with Gasteiger partial charge < -0.3 is 11.1 Å². The molecule has 10 nitrogen and oxygen atoms in total. The van der Waals surface area contributed by atoms with Crippen molar-refractivity contribution in [2.75, 3.05) is 12.3 Å². The molecule has 3 heterocycles. The third-order valence-corrected chi connectivity index (χ3v) is 4.65. The van der Waals surface area contributed by atoms with Crippen LogP contribution in [-0.2, 0) is 6.42 Å². The van der Waals surface area contributed by atoms with Gasteiger partial charge in [-0.05, 0) is 37.1 Å². The molecular weight excluding hydrogens is 394 g/mol. The molecule has 4 rings (SSSR count). The van der Waals surface area contributed by atoms with E-state index >= 15 is 0 Å². The summed E-state index contributed by atoms with van der Waals surface area (Å²) < 4.78 is 3.07. The fraction of sp³-hybridized carbons (Fsp3) is 0.143. The Morgan fingerprint density at radius 3 is 2.71 bits per heavy atom.